The van der Waals surface area contributed by atoms with Crippen LogP contribution < -0.4 is 10.9 Å². The summed E-state index contributed by atoms with van der Waals surface area (Å²) in [5.41, 5.74) is 7.28. The van der Waals surface area contributed by atoms with Gasteiger partial charge in [-0.25, -0.2) is 4.39 Å². The molecule has 1 aromatic heterocycles. The van der Waals surface area contributed by atoms with E-state index in [1.165, 1.54) is 12.1 Å². The second kappa shape index (κ2) is 5.68. The molecule has 0 unspecified atom stereocenters. The van der Waals surface area contributed by atoms with E-state index >= 15 is 0 Å². The summed E-state index contributed by atoms with van der Waals surface area (Å²) < 4.78 is 14.7. The monoisotopic (exact) mass is 316 g/mol. The number of rotatable bonds is 4. The molecule has 0 saturated heterocycles. The molecule has 1 aliphatic rings. The van der Waals surface area contributed by atoms with Crippen LogP contribution in [-0.2, 0) is 5.54 Å². The molecule has 1 amide bonds. The molecule has 1 aromatic carbocycles. The summed E-state index contributed by atoms with van der Waals surface area (Å²) in [6.45, 7) is 6.04. The van der Waals surface area contributed by atoms with Crippen LogP contribution in [0.15, 0.2) is 30.3 Å². The molecule has 0 atom stereocenters. The molecular formula is C17H21FN4O. The van der Waals surface area contributed by atoms with E-state index < -0.39 is 0 Å². The molecule has 2 aromatic rings. The summed E-state index contributed by atoms with van der Waals surface area (Å²) in [6.07, 6.45) is 2.27. The fourth-order valence-corrected chi connectivity index (χ4v) is 2.38. The lowest BCUT2D eigenvalue weighted by atomic mass is 10.1. The van der Waals surface area contributed by atoms with Crippen molar-refractivity contribution in [2.24, 2.45) is 0 Å². The number of carbonyl (C=O) groups is 1. The Labute approximate surface area is 134 Å². The maximum Gasteiger partial charge on any atom is 0.287 e. The fraction of sp³-hybridized carbons (Fsp3) is 0.412. The molecule has 1 fully saturated rings. The SMILES string of the molecule is CC(C)(C)n1nc(C2CC2)cc1C(=O)NNc1ccc(F)cc1. The van der Waals surface area contributed by atoms with E-state index in [4.69, 9.17) is 0 Å². The predicted octanol–water partition coefficient (Wildman–Crippen LogP) is 3.41. The summed E-state index contributed by atoms with van der Waals surface area (Å²) in [4.78, 5) is 12.5. The summed E-state index contributed by atoms with van der Waals surface area (Å²) in [5.74, 6) is -0.0966. The van der Waals surface area contributed by atoms with Gasteiger partial charge in [0.1, 0.15) is 11.5 Å². The number of hydrogen-bond donors (Lipinski definition) is 2. The van der Waals surface area contributed by atoms with Gasteiger partial charge < -0.3 is 0 Å². The Balaban J connectivity index is 1.76. The zero-order valence-corrected chi connectivity index (χ0v) is 13.6. The van der Waals surface area contributed by atoms with E-state index in [0.29, 0.717) is 17.3 Å². The molecule has 2 N–H and O–H groups in total. The highest BCUT2D eigenvalue weighted by atomic mass is 19.1. The number of nitrogens with one attached hydrogen (secondary N) is 2. The van der Waals surface area contributed by atoms with Gasteiger partial charge >= 0.3 is 0 Å². The van der Waals surface area contributed by atoms with Gasteiger partial charge in [0.15, 0.2) is 0 Å². The lowest BCUT2D eigenvalue weighted by molar-refractivity contribution is 0.0944. The van der Waals surface area contributed by atoms with Crippen molar-refractivity contribution in [1.82, 2.24) is 15.2 Å². The molecule has 0 radical (unpaired) electrons. The highest BCUT2D eigenvalue weighted by molar-refractivity contribution is 5.93. The smallest absolute Gasteiger partial charge is 0.287 e. The molecule has 3 rings (SSSR count). The number of amides is 1. The number of hydrogen-bond acceptors (Lipinski definition) is 3. The molecule has 6 heteroatoms. The van der Waals surface area contributed by atoms with Crippen molar-refractivity contribution in [3.05, 3.63) is 47.5 Å². The van der Waals surface area contributed by atoms with Gasteiger partial charge in [0, 0.05) is 5.92 Å². The highest BCUT2D eigenvalue weighted by Gasteiger charge is 2.31. The van der Waals surface area contributed by atoms with E-state index in [9.17, 15) is 9.18 Å². The Morgan fingerprint density at radius 2 is 1.91 bits per heavy atom. The average molecular weight is 316 g/mol. The van der Waals surface area contributed by atoms with Gasteiger partial charge in [-0.15, -0.1) is 0 Å². The molecule has 1 heterocycles. The van der Waals surface area contributed by atoms with Crippen LogP contribution in [0.5, 0.6) is 0 Å². The molecule has 5 nitrogen and oxygen atoms in total. The van der Waals surface area contributed by atoms with Gasteiger partial charge in [-0.05, 0) is 63.9 Å². The van der Waals surface area contributed by atoms with E-state index in [-0.39, 0.29) is 17.3 Å². The number of hydrazine groups is 1. The van der Waals surface area contributed by atoms with Crippen molar-refractivity contribution in [2.75, 3.05) is 5.43 Å². The van der Waals surface area contributed by atoms with Crippen LogP contribution >= 0.6 is 0 Å². The van der Waals surface area contributed by atoms with Crippen molar-refractivity contribution in [2.45, 2.75) is 45.1 Å². The Kier molecular flexibility index (Phi) is 3.83. The number of carbonyl (C=O) groups excluding carboxylic acids is 1. The van der Waals surface area contributed by atoms with Gasteiger partial charge in [0.05, 0.1) is 16.9 Å². The zero-order chi connectivity index (χ0) is 16.6. The first-order valence-corrected chi connectivity index (χ1v) is 7.77. The average Bonchev–Trinajstić information content (AvgIpc) is 3.23. The lowest BCUT2D eigenvalue weighted by Gasteiger charge is -2.22. The maximum atomic E-state index is 12.9. The number of halogens is 1. The summed E-state index contributed by atoms with van der Waals surface area (Å²) in [7, 11) is 0. The molecule has 0 aliphatic heterocycles. The highest BCUT2D eigenvalue weighted by Crippen LogP contribution is 2.40. The van der Waals surface area contributed by atoms with E-state index in [1.807, 2.05) is 26.8 Å². The number of anilines is 1. The minimum absolute atomic E-state index is 0.261. The van der Waals surface area contributed by atoms with Crippen LogP contribution in [-0.4, -0.2) is 15.7 Å². The van der Waals surface area contributed by atoms with Crippen molar-refractivity contribution in [1.29, 1.82) is 0 Å². The Morgan fingerprint density at radius 3 is 2.48 bits per heavy atom. The van der Waals surface area contributed by atoms with E-state index in [2.05, 4.69) is 16.0 Å². The fourth-order valence-electron chi connectivity index (χ4n) is 2.38. The maximum absolute atomic E-state index is 12.9. The molecule has 23 heavy (non-hydrogen) atoms. The summed E-state index contributed by atoms with van der Waals surface area (Å²) in [6, 6.07) is 7.65. The van der Waals surface area contributed by atoms with Gasteiger partial charge in [-0.2, -0.15) is 5.10 Å². The predicted molar refractivity (Wildman–Crippen MR) is 86.7 cm³/mol. The Bertz CT molecular complexity index is 711. The first-order valence-electron chi connectivity index (χ1n) is 7.77. The van der Waals surface area contributed by atoms with Crippen molar-refractivity contribution >= 4 is 11.6 Å². The largest absolute Gasteiger partial charge is 0.298 e. The summed E-state index contributed by atoms with van der Waals surface area (Å²) >= 11 is 0. The van der Waals surface area contributed by atoms with Crippen molar-refractivity contribution in [3.63, 3.8) is 0 Å². The third-order valence-corrected chi connectivity index (χ3v) is 3.76. The molecule has 0 spiro atoms. The van der Waals surface area contributed by atoms with E-state index in [0.717, 1.165) is 18.5 Å². The standard InChI is InChI=1S/C17H21FN4O/c1-17(2,3)22-15(10-14(21-22)11-4-5-11)16(23)20-19-13-8-6-12(18)7-9-13/h6-11,19H,4-5H2,1-3H3,(H,20,23). The van der Waals surface area contributed by atoms with Gasteiger partial charge in [-0.1, -0.05) is 0 Å². The van der Waals surface area contributed by atoms with Crippen LogP contribution in [0.25, 0.3) is 0 Å². The second-order valence-electron chi connectivity index (χ2n) is 6.90. The van der Waals surface area contributed by atoms with Crippen LogP contribution in [0.2, 0.25) is 0 Å². The molecule has 1 saturated carbocycles. The number of benzene rings is 1. The molecule has 0 bridgehead atoms. The van der Waals surface area contributed by atoms with Crippen molar-refractivity contribution in [3.8, 4) is 0 Å². The van der Waals surface area contributed by atoms with Gasteiger partial charge in [-0.3, -0.25) is 20.3 Å². The van der Waals surface area contributed by atoms with Gasteiger partial charge in [0.25, 0.3) is 5.91 Å². The first kappa shape index (κ1) is 15.5. The Hall–Kier alpha value is -2.37. The van der Waals surface area contributed by atoms with Crippen LogP contribution in [0, 0.1) is 5.82 Å². The van der Waals surface area contributed by atoms with Crippen molar-refractivity contribution < 1.29 is 9.18 Å². The first-order chi connectivity index (χ1) is 10.8. The summed E-state index contributed by atoms with van der Waals surface area (Å²) in [5, 5.41) is 4.61. The number of aromatic nitrogens is 2. The molecular weight excluding hydrogens is 295 g/mol. The third kappa shape index (κ3) is 3.52. The minimum Gasteiger partial charge on any atom is -0.298 e. The van der Waals surface area contributed by atoms with E-state index in [1.54, 1.807) is 16.8 Å². The quantitative estimate of drug-likeness (QED) is 0.850. The second-order valence-corrected chi connectivity index (χ2v) is 6.90. The topological polar surface area (TPSA) is 59.0 Å². The van der Waals surface area contributed by atoms with Crippen LogP contribution in [0.1, 0.15) is 55.7 Å². The number of nitrogens with zero attached hydrogens (tertiary/aromatic N) is 2. The van der Waals surface area contributed by atoms with Crippen LogP contribution in [0.4, 0.5) is 10.1 Å². The third-order valence-electron chi connectivity index (χ3n) is 3.76. The lowest BCUT2D eigenvalue weighted by Crippen LogP contribution is -2.35. The van der Waals surface area contributed by atoms with Crippen LogP contribution in [0.3, 0.4) is 0 Å². The normalized spacial score (nSPS) is 14.6. The Morgan fingerprint density at radius 1 is 1.26 bits per heavy atom. The minimum atomic E-state index is -0.318. The molecule has 122 valence electrons. The zero-order valence-electron chi connectivity index (χ0n) is 13.6. The van der Waals surface area contributed by atoms with Gasteiger partial charge in [0.2, 0.25) is 0 Å². The molecule has 1 aliphatic carbocycles.